The van der Waals surface area contributed by atoms with Crippen molar-refractivity contribution in [2.75, 3.05) is 0 Å². The number of nitrogens with one attached hydrogen (secondary N) is 1. The summed E-state index contributed by atoms with van der Waals surface area (Å²) >= 11 is 0. The molecule has 1 aliphatic carbocycles. The minimum atomic E-state index is -1.06. The first-order valence-electron chi connectivity index (χ1n) is 6.39. The van der Waals surface area contributed by atoms with E-state index in [0.29, 0.717) is 0 Å². The standard InChI is InChI=1S/C14H17NO4/c16-13(17)12(9-10-5-2-1-3-6-10)15-14(18)19-11-7-4-8-11/h1-3,5-6,11-12H,4,7-9H2,(H,15,18)(H,16,17)/t12-/m0/s1. The summed E-state index contributed by atoms with van der Waals surface area (Å²) < 4.78 is 5.09. The molecule has 1 aromatic carbocycles. The van der Waals surface area contributed by atoms with Crippen LogP contribution < -0.4 is 5.32 Å². The van der Waals surface area contributed by atoms with E-state index >= 15 is 0 Å². The average Bonchev–Trinajstić information content (AvgIpc) is 2.34. The lowest BCUT2D eigenvalue weighted by atomic mass is 9.96. The maximum absolute atomic E-state index is 11.6. The van der Waals surface area contributed by atoms with Gasteiger partial charge in [0.2, 0.25) is 0 Å². The number of alkyl carbamates (subject to hydrolysis) is 1. The van der Waals surface area contributed by atoms with Gasteiger partial charge in [-0.2, -0.15) is 0 Å². The highest BCUT2D eigenvalue weighted by Gasteiger charge is 2.25. The minimum Gasteiger partial charge on any atom is -0.480 e. The molecular weight excluding hydrogens is 246 g/mol. The van der Waals surface area contributed by atoms with Crippen LogP contribution in [-0.2, 0) is 16.0 Å². The van der Waals surface area contributed by atoms with E-state index in [-0.39, 0.29) is 12.5 Å². The van der Waals surface area contributed by atoms with Crippen LogP contribution in [0.5, 0.6) is 0 Å². The van der Waals surface area contributed by atoms with Crippen LogP contribution in [-0.4, -0.2) is 29.3 Å². The van der Waals surface area contributed by atoms with Gasteiger partial charge in [0.25, 0.3) is 0 Å². The Hall–Kier alpha value is -2.04. The maximum atomic E-state index is 11.6. The summed E-state index contributed by atoms with van der Waals surface area (Å²) in [4.78, 5) is 22.7. The van der Waals surface area contributed by atoms with E-state index in [9.17, 15) is 9.59 Å². The number of hydrogen-bond donors (Lipinski definition) is 2. The van der Waals surface area contributed by atoms with E-state index < -0.39 is 18.1 Å². The molecule has 2 N–H and O–H groups in total. The number of carboxylic acids is 1. The molecule has 102 valence electrons. The van der Waals surface area contributed by atoms with Crippen molar-refractivity contribution in [3.63, 3.8) is 0 Å². The quantitative estimate of drug-likeness (QED) is 0.851. The molecule has 0 unspecified atom stereocenters. The molecule has 1 atom stereocenters. The van der Waals surface area contributed by atoms with E-state index in [1.807, 2.05) is 30.3 Å². The topological polar surface area (TPSA) is 75.6 Å². The van der Waals surface area contributed by atoms with Gasteiger partial charge in [-0.05, 0) is 24.8 Å². The maximum Gasteiger partial charge on any atom is 0.408 e. The van der Waals surface area contributed by atoms with Crippen LogP contribution >= 0.6 is 0 Å². The summed E-state index contributed by atoms with van der Waals surface area (Å²) in [5, 5.41) is 11.5. The second kappa shape index (κ2) is 6.22. The van der Waals surface area contributed by atoms with Crippen molar-refractivity contribution in [2.45, 2.75) is 37.8 Å². The Morgan fingerprint density at radius 3 is 2.53 bits per heavy atom. The second-order valence-corrected chi connectivity index (χ2v) is 4.68. The Kier molecular flexibility index (Phi) is 4.39. The highest BCUT2D eigenvalue weighted by Crippen LogP contribution is 2.21. The molecule has 1 saturated carbocycles. The van der Waals surface area contributed by atoms with E-state index in [4.69, 9.17) is 9.84 Å². The molecule has 1 aromatic rings. The van der Waals surface area contributed by atoms with Gasteiger partial charge in [-0.15, -0.1) is 0 Å². The lowest BCUT2D eigenvalue weighted by Gasteiger charge is -2.26. The molecule has 0 spiro atoms. The van der Waals surface area contributed by atoms with Crippen molar-refractivity contribution in [3.8, 4) is 0 Å². The number of aliphatic carboxylic acids is 1. The zero-order valence-electron chi connectivity index (χ0n) is 10.5. The summed E-state index contributed by atoms with van der Waals surface area (Å²) in [6.45, 7) is 0. The van der Waals surface area contributed by atoms with Crippen molar-refractivity contribution in [1.82, 2.24) is 5.32 Å². The molecule has 1 amide bonds. The van der Waals surface area contributed by atoms with Crippen LogP contribution in [0.1, 0.15) is 24.8 Å². The fourth-order valence-electron chi connectivity index (χ4n) is 1.87. The molecule has 5 heteroatoms. The zero-order chi connectivity index (χ0) is 13.7. The van der Waals surface area contributed by atoms with Gasteiger partial charge in [0.1, 0.15) is 12.1 Å². The normalized spacial score (nSPS) is 16.2. The Morgan fingerprint density at radius 1 is 1.32 bits per heavy atom. The molecule has 0 aliphatic heterocycles. The SMILES string of the molecule is O=C(N[C@@H](Cc1ccccc1)C(=O)O)OC1CCC1. The Bertz CT molecular complexity index is 442. The minimum absolute atomic E-state index is 0.0498. The van der Waals surface area contributed by atoms with Crippen LogP contribution in [0, 0.1) is 0 Å². The molecule has 1 fully saturated rings. The number of carboxylic acid groups (broad SMARTS) is 1. The van der Waals surface area contributed by atoms with Crippen LogP contribution in [0.3, 0.4) is 0 Å². The Labute approximate surface area is 111 Å². The van der Waals surface area contributed by atoms with Crippen molar-refractivity contribution in [3.05, 3.63) is 35.9 Å². The highest BCUT2D eigenvalue weighted by molar-refractivity contribution is 5.80. The summed E-state index contributed by atoms with van der Waals surface area (Å²) in [6, 6.07) is 8.22. The monoisotopic (exact) mass is 263 g/mol. The predicted octanol–water partition coefficient (Wildman–Crippen LogP) is 1.96. The van der Waals surface area contributed by atoms with Crippen molar-refractivity contribution in [1.29, 1.82) is 0 Å². The lowest BCUT2D eigenvalue weighted by Crippen LogP contribution is -2.44. The van der Waals surface area contributed by atoms with Gasteiger partial charge in [-0.25, -0.2) is 9.59 Å². The van der Waals surface area contributed by atoms with Gasteiger partial charge in [-0.3, -0.25) is 0 Å². The molecule has 19 heavy (non-hydrogen) atoms. The van der Waals surface area contributed by atoms with E-state index in [1.54, 1.807) is 0 Å². The largest absolute Gasteiger partial charge is 0.480 e. The number of carbonyl (C=O) groups excluding carboxylic acids is 1. The molecule has 0 bridgehead atoms. The fourth-order valence-corrected chi connectivity index (χ4v) is 1.87. The number of ether oxygens (including phenoxy) is 1. The first-order valence-corrected chi connectivity index (χ1v) is 6.39. The Balaban J connectivity index is 1.88. The van der Waals surface area contributed by atoms with Crippen LogP contribution in [0.4, 0.5) is 4.79 Å². The van der Waals surface area contributed by atoms with Crippen LogP contribution in [0.15, 0.2) is 30.3 Å². The van der Waals surface area contributed by atoms with Gasteiger partial charge in [-0.1, -0.05) is 30.3 Å². The molecule has 1 aliphatic rings. The van der Waals surface area contributed by atoms with Gasteiger partial charge < -0.3 is 15.2 Å². The van der Waals surface area contributed by atoms with Crippen molar-refractivity contribution >= 4 is 12.1 Å². The molecule has 0 radical (unpaired) electrons. The van der Waals surface area contributed by atoms with Crippen molar-refractivity contribution < 1.29 is 19.4 Å². The van der Waals surface area contributed by atoms with Gasteiger partial charge in [0.05, 0.1) is 0 Å². The highest BCUT2D eigenvalue weighted by atomic mass is 16.6. The summed E-state index contributed by atoms with van der Waals surface area (Å²) in [5.74, 6) is -1.06. The smallest absolute Gasteiger partial charge is 0.408 e. The second-order valence-electron chi connectivity index (χ2n) is 4.68. The average molecular weight is 263 g/mol. The third kappa shape index (κ3) is 3.98. The number of carbonyl (C=O) groups is 2. The predicted molar refractivity (Wildman–Crippen MR) is 68.8 cm³/mol. The van der Waals surface area contributed by atoms with Crippen molar-refractivity contribution in [2.24, 2.45) is 0 Å². The zero-order valence-corrected chi connectivity index (χ0v) is 10.5. The van der Waals surface area contributed by atoms with Crippen LogP contribution in [0.25, 0.3) is 0 Å². The first kappa shape index (κ1) is 13.4. The van der Waals surface area contributed by atoms with E-state index in [2.05, 4.69) is 5.32 Å². The Morgan fingerprint density at radius 2 is 2.00 bits per heavy atom. The first-order chi connectivity index (χ1) is 9.15. The summed E-state index contributed by atoms with van der Waals surface area (Å²) in [7, 11) is 0. The molecule has 0 saturated heterocycles. The third-order valence-corrected chi connectivity index (χ3v) is 3.20. The fraction of sp³-hybridized carbons (Fsp3) is 0.429. The number of hydrogen-bond acceptors (Lipinski definition) is 3. The van der Waals surface area contributed by atoms with Crippen LogP contribution in [0.2, 0.25) is 0 Å². The number of rotatable bonds is 5. The van der Waals surface area contributed by atoms with E-state index in [1.165, 1.54) is 0 Å². The molecule has 2 rings (SSSR count). The summed E-state index contributed by atoms with van der Waals surface area (Å²) in [6.07, 6.45) is 2.34. The molecular formula is C14H17NO4. The van der Waals surface area contributed by atoms with Gasteiger partial charge in [0, 0.05) is 6.42 Å². The molecule has 0 heterocycles. The van der Waals surface area contributed by atoms with Gasteiger partial charge in [0.15, 0.2) is 0 Å². The number of amides is 1. The lowest BCUT2D eigenvalue weighted by molar-refractivity contribution is -0.139. The molecule has 0 aromatic heterocycles. The number of benzene rings is 1. The molecule has 5 nitrogen and oxygen atoms in total. The van der Waals surface area contributed by atoms with E-state index in [0.717, 1.165) is 24.8 Å². The third-order valence-electron chi connectivity index (χ3n) is 3.20. The summed E-state index contributed by atoms with van der Waals surface area (Å²) in [5.41, 5.74) is 0.860. The van der Waals surface area contributed by atoms with Gasteiger partial charge >= 0.3 is 12.1 Å².